The van der Waals surface area contributed by atoms with Crippen LogP contribution in [0.4, 0.5) is 5.69 Å². The first-order valence-corrected chi connectivity index (χ1v) is 7.26. The number of amides is 1. The summed E-state index contributed by atoms with van der Waals surface area (Å²) in [5, 5.41) is 17.0. The predicted molar refractivity (Wildman–Crippen MR) is 78.7 cm³/mol. The normalized spacial score (nSPS) is 22.3. The predicted octanol–water partition coefficient (Wildman–Crippen LogP) is 2.23. The van der Waals surface area contributed by atoms with Gasteiger partial charge in [-0.1, -0.05) is 0 Å². The van der Waals surface area contributed by atoms with Crippen LogP contribution in [0.2, 0.25) is 0 Å². The van der Waals surface area contributed by atoms with Gasteiger partial charge in [0, 0.05) is 28.7 Å². The van der Waals surface area contributed by atoms with E-state index in [4.69, 9.17) is 0 Å². The Balaban J connectivity index is 2.16. The summed E-state index contributed by atoms with van der Waals surface area (Å²) >= 11 is 3.26. The summed E-state index contributed by atoms with van der Waals surface area (Å²) in [5.74, 6) is -0.291. The summed E-state index contributed by atoms with van der Waals surface area (Å²) in [6, 6.07) is 4.43. The van der Waals surface area contributed by atoms with Crippen LogP contribution in [-0.4, -0.2) is 29.5 Å². The smallest absolute Gasteiger partial charge is 0.270 e. The maximum absolute atomic E-state index is 12.3. The molecule has 1 heterocycles. The van der Waals surface area contributed by atoms with Crippen molar-refractivity contribution in [2.45, 2.75) is 31.8 Å². The lowest BCUT2D eigenvalue weighted by atomic mass is 9.99. The fourth-order valence-corrected chi connectivity index (χ4v) is 2.71. The Morgan fingerprint density at radius 3 is 2.95 bits per heavy atom. The fourth-order valence-electron chi connectivity index (χ4n) is 2.29. The van der Waals surface area contributed by atoms with Crippen molar-refractivity contribution in [3.05, 3.63) is 38.3 Å². The molecular weight excluding hydrogens is 326 g/mol. The minimum atomic E-state index is -0.506. The summed E-state index contributed by atoms with van der Waals surface area (Å²) < 4.78 is 0.553. The molecule has 7 heteroatoms. The average Bonchev–Trinajstić information content (AvgIpc) is 2.41. The molecule has 2 N–H and O–H groups in total. The number of piperidine rings is 1. The van der Waals surface area contributed by atoms with Gasteiger partial charge in [0.2, 0.25) is 0 Å². The second-order valence-electron chi connectivity index (χ2n) is 4.89. The zero-order chi connectivity index (χ0) is 14.7. The van der Waals surface area contributed by atoms with Crippen molar-refractivity contribution in [3.63, 3.8) is 0 Å². The molecule has 1 aliphatic heterocycles. The Kier molecular flexibility index (Phi) is 4.72. The molecule has 0 aromatic heterocycles. The van der Waals surface area contributed by atoms with Gasteiger partial charge in [-0.25, -0.2) is 0 Å². The topological polar surface area (TPSA) is 84.3 Å². The largest absolute Gasteiger partial charge is 0.348 e. The fraction of sp³-hybridized carbons (Fsp3) is 0.462. The number of nitro groups is 1. The zero-order valence-corrected chi connectivity index (χ0v) is 12.6. The number of carbonyl (C=O) groups is 1. The van der Waals surface area contributed by atoms with Gasteiger partial charge < -0.3 is 10.6 Å². The van der Waals surface area contributed by atoms with E-state index >= 15 is 0 Å². The highest BCUT2D eigenvalue weighted by Crippen LogP contribution is 2.23. The van der Waals surface area contributed by atoms with Crippen LogP contribution in [0.25, 0.3) is 0 Å². The molecule has 2 rings (SSSR count). The van der Waals surface area contributed by atoms with Crippen LogP contribution in [0.1, 0.15) is 30.1 Å². The Bertz CT molecular complexity index is 536. The van der Waals surface area contributed by atoms with Gasteiger partial charge >= 0.3 is 0 Å². The number of nitrogens with one attached hydrogen (secondary N) is 2. The molecule has 0 spiro atoms. The van der Waals surface area contributed by atoms with Gasteiger partial charge in [0.25, 0.3) is 11.6 Å². The van der Waals surface area contributed by atoms with E-state index in [0.717, 1.165) is 19.4 Å². The SMILES string of the molecule is CC1NCCCC1NC(=O)c1cc([N+](=O)[O-])ccc1Br. The van der Waals surface area contributed by atoms with Gasteiger partial charge in [0.05, 0.1) is 10.5 Å². The molecule has 20 heavy (non-hydrogen) atoms. The molecule has 2 unspecified atom stereocenters. The summed E-state index contributed by atoms with van der Waals surface area (Å²) in [6.45, 7) is 2.97. The summed E-state index contributed by atoms with van der Waals surface area (Å²) in [7, 11) is 0. The van der Waals surface area contributed by atoms with Gasteiger partial charge in [-0.05, 0) is 48.3 Å². The molecule has 1 aromatic rings. The van der Waals surface area contributed by atoms with Crippen molar-refractivity contribution in [1.82, 2.24) is 10.6 Å². The number of nitro benzene ring substituents is 1. The lowest BCUT2D eigenvalue weighted by Gasteiger charge is -2.30. The van der Waals surface area contributed by atoms with Crippen LogP contribution in [0.5, 0.6) is 0 Å². The number of benzene rings is 1. The third-order valence-corrected chi connectivity index (χ3v) is 4.18. The summed E-state index contributed by atoms with van der Waals surface area (Å²) in [5.41, 5.74) is 0.199. The van der Waals surface area contributed by atoms with Crippen molar-refractivity contribution in [3.8, 4) is 0 Å². The Hall–Kier alpha value is -1.47. The molecule has 108 valence electrons. The Morgan fingerprint density at radius 2 is 2.30 bits per heavy atom. The highest BCUT2D eigenvalue weighted by atomic mass is 79.9. The number of nitrogens with zero attached hydrogens (tertiary/aromatic N) is 1. The number of hydrogen-bond acceptors (Lipinski definition) is 4. The second kappa shape index (κ2) is 6.32. The minimum Gasteiger partial charge on any atom is -0.348 e. The van der Waals surface area contributed by atoms with E-state index in [9.17, 15) is 14.9 Å². The molecule has 6 nitrogen and oxygen atoms in total. The van der Waals surface area contributed by atoms with Crippen LogP contribution in [-0.2, 0) is 0 Å². The van der Waals surface area contributed by atoms with Gasteiger partial charge in [0.1, 0.15) is 0 Å². The van der Waals surface area contributed by atoms with Crippen molar-refractivity contribution in [1.29, 1.82) is 0 Å². The molecule has 0 radical (unpaired) electrons. The van der Waals surface area contributed by atoms with E-state index in [2.05, 4.69) is 26.6 Å². The highest BCUT2D eigenvalue weighted by molar-refractivity contribution is 9.10. The van der Waals surface area contributed by atoms with Crippen LogP contribution in [0, 0.1) is 10.1 Å². The van der Waals surface area contributed by atoms with Crippen LogP contribution >= 0.6 is 15.9 Å². The Morgan fingerprint density at radius 1 is 1.55 bits per heavy atom. The lowest BCUT2D eigenvalue weighted by molar-refractivity contribution is -0.384. The molecule has 1 aliphatic rings. The van der Waals surface area contributed by atoms with Crippen LogP contribution in [0.3, 0.4) is 0 Å². The molecule has 1 saturated heterocycles. The third-order valence-electron chi connectivity index (χ3n) is 3.48. The number of halogens is 1. The number of non-ortho nitro benzene ring substituents is 1. The molecule has 1 amide bonds. The van der Waals surface area contributed by atoms with E-state index in [1.54, 1.807) is 0 Å². The average molecular weight is 342 g/mol. The number of carbonyl (C=O) groups excluding carboxylic acids is 1. The van der Waals surface area contributed by atoms with Crippen LogP contribution in [0.15, 0.2) is 22.7 Å². The Labute approximate surface area is 125 Å². The van der Waals surface area contributed by atoms with E-state index in [-0.39, 0.29) is 29.2 Å². The monoisotopic (exact) mass is 341 g/mol. The van der Waals surface area contributed by atoms with E-state index in [0.29, 0.717) is 4.47 Å². The second-order valence-corrected chi connectivity index (χ2v) is 5.74. The van der Waals surface area contributed by atoms with Crippen molar-refractivity contribution >= 4 is 27.5 Å². The van der Waals surface area contributed by atoms with Crippen molar-refractivity contribution in [2.75, 3.05) is 6.54 Å². The van der Waals surface area contributed by atoms with Crippen molar-refractivity contribution in [2.24, 2.45) is 0 Å². The minimum absolute atomic E-state index is 0.0439. The molecule has 0 saturated carbocycles. The first-order chi connectivity index (χ1) is 9.49. The van der Waals surface area contributed by atoms with Gasteiger partial charge in [-0.2, -0.15) is 0 Å². The third kappa shape index (κ3) is 3.34. The lowest BCUT2D eigenvalue weighted by Crippen LogP contribution is -2.51. The quantitative estimate of drug-likeness (QED) is 0.652. The first-order valence-electron chi connectivity index (χ1n) is 6.47. The van der Waals surface area contributed by atoms with Gasteiger partial charge in [-0.15, -0.1) is 0 Å². The molecule has 1 fully saturated rings. The first kappa shape index (κ1) is 14.9. The van der Waals surface area contributed by atoms with Gasteiger partial charge in [-0.3, -0.25) is 14.9 Å². The molecule has 1 aromatic carbocycles. The van der Waals surface area contributed by atoms with E-state index in [1.165, 1.54) is 18.2 Å². The maximum atomic E-state index is 12.3. The van der Waals surface area contributed by atoms with Crippen LogP contribution < -0.4 is 10.6 Å². The summed E-state index contributed by atoms with van der Waals surface area (Å²) in [6.07, 6.45) is 1.91. The molecule has 0 bridgehead atoms. The molecular formula is C13H16BrN3O3. The summed E-state index contributed by atoms with van der Waals surface area (Å²) in [4.78, 5) is 22.5. The van der Waals surface area contributed by atoms with Crippen molar-refractivity contribution < 1.29 is 9.72 Å². The number of hydrogen-bond donors (Lipinski definition) is 2. The van der Waals surface area contributed by atoms with Gasteiger partial charge in [0.15, 0.2) is 0 Å². The maximum Gasteiger partial charge on any atom is 0.270 e. The number of rotatable bonds is 3. The van der Waals surface area contributed by atoms with E-state index in [1.807, 2.05) is 6.92 Å². The highest BCUT2D eigenvalue weighted by Gasteiger charge is 2.24. The standard InChI is InChI=1S/C13H16BrN3O3/c1-8-12(3-2-6-15-8)16-13(18)10-7-9(17(19)20)4-5-11(10)14/h4-5,7-8,12,15H,2-3,6H2,1H3,(H,16,18). The molecule has 2 atom stereocenters. The van der Waals surface area contributed by atoms with E-state index < -0.39 is 4.92 Å². The zero-order valence-electron chi connectivity index (χ0n) is 11.1. The molecule has 0 aliphatic carbocycles.